The number of nitrogens with zero attached hydrogens (tertiary/aromatic N) is 2. The summed E-state index contributed by atoms with van der Waals surface area (Å²) >= 11 is 1.36. The van der Waals surface area contributed by atoms with Crippen molar-refractivity contribution in [2.75, 3.05) is 7.11 Å². The maximum atomic E-state index is 12.7. The minimum atomic E-state index is -3.80. The molecule has 0 spiro atoms. The fourth-order valence-electron chi connectivity index (χ4n) is 2.91. The molecule has 4 rings (SSSR count). The van der Waals surface area contributed by atoms with Crippen LogP contribution >= 0.6 is 11.3 Å². The van der Waals surface area contributed by atoms with Crippen LogP contribution in [0.3, 0.4) is 0 Å². The standard InChI is InChI=1S/C19H16N2O3S2/c1-21-18-16-6-4-3-5-13(16)7-12-17(18)25-19(21)20-26(22,23)15-10-8-14(24-2)9-11-15/h3-12H,1-2H3. The summed E-state index contributed by atoms with van der Waals surface area (Å²) in [5.41, 5.74) is 0.983. The van der Waals surface area contributed by atoms with Gasteiger partial charge in [0.2, 0.25) is 4.80 Å². The highest BCUT2D eigenvalue weighted by atomic mass is 32.2. The Labute approximate surface area is 154 Å². The molecule has 0 aliphatic carbocycles. The molecule has 0 aliphatic heterocycles. The molecule has 1 aromatic heterocycles. The van der Waals surface area contributed by atoms with E-state index in [-0.39, 0.29) is 4.90 Å². The summed E-state index contributed by atoms with van der Waals surface area (Å²) in [4.78, 5) is 0.577. The Morgan fingerprint density at radius 2 is 1.73 bits per heavy atom. The molecular weight excluding hydrogens is 368 g/mol. The molecule has 1 heterocycles. The zero-order chi connectivity index (χ0) is 18.3. The van der Waals surface area contributed by atoms with E-state index in [1.54, 1.807) is 12.1 Å². The van der Waals surface area contributed by atoms with Crippen molar-refractivity contribution in [2.45, 2.75) is 4.90 Å². The van der Waals surface area contributed by atoms with Crippen molar-refractivity contribution in [3.05, 3.63) is 65.5 Å². The van der Waals surface area contributed by atoms with Gasteiger partial charge < -0.3 is 9.30 Å². The predicted molar refractivity (Wildman–Crippen MR) is 104 cm³/mol. The number of sulfonamides is 1. The molecule has 26 heavy (non-hydrogen) atoms. The zero-order valence-electron chi connectivity index (χ0n) is 14.2. The summed E-state index contributed by atoms with van der Waals surface area (Å²) in [5.74, 6) is 0.600. The van der Waals surface area contributed by atoms with Crippen LogP contribution in [0.25, 0.3) is 21.0 Å². The molecule has 3 aromatic carbocycles. The molecule has 0 saturated heterocycles. The Bertz CT molecular complexity index is 1280. The summed E-state index contributed by atoms with van der Waals surface area (Å²) in [7, 11) is -0.425. The van der Waals surface area contributed by atoms with Crippen LogP contribution in [-0.4, -0.2) is 20.1 Å². The van der Waals surface area contributed by atoms with Crippen molar-refractivity contribution < 1.29 is 13.2 Å². The van der Waals surface area contributed by atoms with Crippen LogP contribution in [0.15, 0.2) is 70.0 Å². The average Bonchev–Trinajstić information content (AvgIpc) is 2.97. The third kappa shape index (κ3) is 2.79. The molecule has 0 radical (unpaired) electrons. The first kappa shape index (κ1) is 16.8. The minimum absolute atomic E-state index is 0.139. The van der Waals surface area contributed by atoms with Crippen LogP contribution in [0.1, 0.15) is 0 Å². The van der Waals surface area contributed by atoms with Gasteiger partial charge in [0.25, 0.3) is 10.0 Å². The number of ether oxygens (including phenoxy) is 1. The molecule has 0 bridgehead atoms. The first-order chi connectivity index (χ1) is 12.5. The van der Waals surface area contributed by atoms with Crippen LogP contribution in [0.4, 0.5) is 0 Å². The summed E-state index contributed by atoms with van der Waals surface area (Å²) in [5, 5.41) is 2.19. The normalized spacial score (nSPS) is 12.8. The third-order valence-corrected chi connectivity index (χ3v) is 6.74. The maximum absolute atomic E-state index is 12.7. The number of aryl methyl sites for hydroxylation is 1. The van der Waals surface area contributed by atoms with Crippen LogP contribution < -0.4 is 9.54 Å². The van der Waals surface area contributed by atoms with Gasteiger partial charge in [-0.1, -0.05) is 41.7 Å². The molecule has 7 heteroatoms. The Morgan fingerprint density at radius 1 is 1.00 bits per heavy atom. The van der Waals surface area contributed by atoms with Crippen LogP contribution in [0, 0.1) is 0 Å². The van der Waals surface area contributed by atoms with Gasteiger partial charge in [-0.25, -0.2) is 0 Å². The molecule has 0 amide bonds. The Hall–Kier alpha value is -2.64. The molecule has 0 atom stereocenters. The lowest BCUT2D eigenvalue weighted by molar-refractivity contribution is 0.414. The molecule has 0 saturated carbocycles. The minimum Gasteiger partial charge on any atom is -0.497 e. The number of fused-ring (bicyclic) bond motifs is 3. The number of aromatic nitrogens is 1. The lowest BCUT2D eigenvalue weighted by Gasteiger charge is -2.02. The van der Waals surface area contributed by atoms with E-state index in [0.29, 0.717) is 10.6 Å². The molecular formula is C19H16N2O3S2. The summed E-state index contributed by atoms with van der Waals surface area (Å²) in [6, 6.07) is 18.3. The lowest BCUT2D eigenvalue weighted by Crippen LogP contribution is -2.13. The number of thiazole rings is 1. The number of hydrogen-bond acceptors (Lipinski definition) is 4. The van der Waals surface area contributed by atoms with Gasteiger partial charge in [-0.05, 0) is 35.7 Å². The first-order valence-electron chi connectivity index (χ1n) is 7.92. The predicted octanol–water partition coefficient (Wildman–Crippen LogP) is 3.69. The SMILES string of the molecule is COc1ccc(S(=O)(=O)N=c2sc3ccc4ccccc4c3n2C)cc1. The Balaban J connectivity index is 1.92. The van der Waals surface area contributed by atoms with E-state index in [9.17, 15) is 8.42 Å². The van der Waals surface area contributed by atoms with Crippen molar-refractivity contribution in [1.82, 2.24) is 4.57 Å². The molecule has 5 nitrogen and oxygen atoms in total. The van der Waals surface area contributed by atoms with Crippen molar-refractivity contribution >= 4 is 42.3 Å². The number of methoxy groups -OCH3 is 1. The molecule has 0 unspecified atom stereocenters. The van der Waals surface area contributed by atoms with Crippen LogP contribution in [0.5, 0.6) is 5.75 Å². The molecule has 0 fully saturated rings. The number of benzene rings is 3. The highest BCUT2D eigenvalue weighted by Gasteiger charge is 2.15. The highest BCUT2D eigenvalue weighted by Crippen LogP contribution is 2.26. The van der Waals surface area contributed by atoms with Gasteiger partial charge in [-0.15, -0.1) is 4.40 Å². The summed E-state index contributed by atoms with van der Waals surface area (Å²) in [6.45, 7) is 0. The van der Waals surface area contributed by atoms with E-state index in [0.717, 1.165) is 21.0 Å². The Morgan fingerprint density at radius 3 is 2.46 bits per heavy atom. The zero-order valence-corrected chi connectivity index (χ0v) is 15.8. The van der Waals surface area contributed by atoms with Crippen LogP contribution in [0.2, 0.25) is 0 Å². The van der Waals surface area contributed by atoms with Crippen LogP contribution in [-0.2, 0) is 17.1 Å². The summed E-state index contributed by atoms with van der Waals surface area (Å²) < 4.78 is 37.3. The van der Waals surface area contributed by atoms with E-state index < -0.39 is 10.0 Å². The van der Waals surface area contributed by atoms with Gasteiger partial charge >= 0.3 is 0 Å². The molecule has 0 aliphatic rings. The van der Waals surface area contributed by atoms with Gasteiger partial charge in [-0.2, -0.15) is 8.42 Å². The van der Waals surface area contributed by atoms with Crippen molar-refractivity contribution in [2.24, 2.45) is 11.4 Å². The van der Waals surface area contributed by atoms with E-state index in [1.165, 1.54) is 30.6 Å². The molecule has 132 valence electrons. The second kappa shape index (κ2) is 6.26. The van der Waals surface area contributed by atoms with Gasteiger partial charge in [-0.3, -0.25) is 0 Å². The average molecular weight is 384 g/mol. The Kier molecular flexibility index (Phi) is 4.05. The monoisotopic (exact) mass is 384 g/mol. The van der Waals surface area contributed by atoms with Gasteiger partial charge in [0.15, 0.2) is 0 Å². The van der Waals surface area contributed by atoms with E-state index in [2.05, 4.69) is 4.40 Å². The van der Waals surface area contributed by atoms with Crippen molar-refractivity contribution in [3.63, 3.8) is 0 Å². The molecule has 4 aromatic rings. The second-order valence-electron chi connectivity index (χ2n) is 5.82. The van der Waals surface area contributed by atoms with E-state index in [4.69, 9.17) is 4.74 Å². The summed E-state index contributed by atoms with van der Waals surface area (Å²) in [6.07, 6.45) is 0. The van der Waals surface area contributed by atoms with Gasteiger partial charge in [0.05, 0.1) is 22.2 Å². The number of rotatable bonds is 3. The second-order valence-corrected chi connectivity index (χ2v) is 8.43. The fraction of sp³-hybridized carbons (Fsp3) is 0.105. The quantitative estimate of drug-likeness (QED) is 0.541. The lowest BCUT2D eigenvalue weighted by atomic mass is 10.1. The van der Waals surface area contributed by atoms with E-state index in [1.807, 2.05) is 48.0 Å². The number of hydrogen-bond donors (Lipinski definition) is 0. The van der Waals surface area contributed by atoms with E-state index >= 15 is 0 Å². The first-order valence-corrected chi connectivity index (χ1v) is 10.2. The van der Waals surface area contributed by atoms with Gasteiger partial charge in [0, 0.05) is 12.4 Å². The smallest absolute Gasteiger partial charge is 0.285 e. The topological polar surface area (TPSA) is 60.7 Å². The third-order valence-electron chi connectivity index (χ3n) is 4.24. The van der Waals surface area contributed by atoms with Gasteiger partial charge in [0.1, 0.15) is 5.75 Å². The van der Waals surface area contributed by atoms with Crippen molar-refractivity contribution in [1.29, 1.82) is 0 Å². The molecule has 0 N–H and O–H groups in total. The maximum Gasteiger partial charge on any atom is 0.285 e. The largest absolute Gasteiger partial charge is 0.497 e. The fourth-order valence-corrected chi connectivity index (χ4v) is 5.17. The van der Waals surface area contributed by atoms with Crippen molar-refractivity contribution in [3.8, 4) is 5.75 Å². The highest BCUT2D eigenvalue weighted by molar-refractivity contribution is 7.90.